The van der Waals surface area contributed by atoms with E-state index in [-0.39, 0.29) is 22.0 Å². The lowest BCUT2D eigenvalue weighted by molar-refractivity contribution is 0.0922. The lowest BCUT2D eigenvalue weighted by atomic mass is 9.89. The van der Waals surface area contributed by atoms with Gasteiger partial charge in [-0.05, 0) is 60.7 Å². The maximum atomic E-state index is 14.3. The third-order valence-corrected chi connectivity index (χ3v) is 8.20. The van der Waals surface area contributed by atoms with Crippen molar-refractivity contribution in [3.8, 4) is 11.1 Å². The van der Waals surface area contributed by atoms with Crippen molar-refractivity contribution in [2.45, 2.75) is 42.4 Å². The van der Waals surface area contributed by atoms with E-state index in [2.05, 4.69) is 15.3 Å². The number of rotatable bonds is 4. The number of aromatic nitrogens is 2. The van der Waals surface area contributed by atoms with Gasteiger partial charge in [-0.2, -0.15) is 0 Å². The Kier molecular flexibility index (Phi) is 4.74. The monoisotopic (exact) mass is 452 g/mol. The number of hydrogen-bond donors (Lipinski definition) is 2. The first-order valence-electron chi connectivity index (χ1n) is 10.3. The fourth-order valence-corrected chi connectivity index (χ4v) is 5.96. The summed E-state index contributed by atoms with van der Waals surface area (Å²) < 4.78 is 39.7. The number of carbonyl (C=O) groups is 1. The van der Waals surface area contributed by atoms with Crippen molar-refractivity contribution in [1.82, 2.24) is 15.3 Å². The summed E-state index contributed by atoms with van der Waals surface area (Å²) in [5.74, 6) is -0.690. The molecule has 32 heavy (non-hydrogen) atoms. The third-order valence-electron chi connectivity index (χ3n) is 5.94. The standard InChI is InChI=1S/C23H21FN4O3S/c1-12-21-20(28-23(25)26-12)11-19(27-22(21)29)17-8-5-14(24)10-18(17)13-3-2-4-16(9-13)32(30,31)15-6-7-15/h2-5,8-10,15,19H,6-7,11H2,1H3,(H,27,29)(H2,25,26,28). The molecule has 1 unspecified atom stereocenters. The number of carbonyl (C=O) groups excluding carboxylic acids is 1. The van der Waals surface area contributed by atoms with E-state index in [1.807, 2.05) is 0 Å². The highest BCUT2D eigenvalue weighted by atomic mass is 32.2. The Morgan fingerprint density at radius 1 is 1.12 bits per heavy atom. The van der Waals surface area contributed by atoms with Crippen LogP contribution in [0.1, 0.15) is 46.2 Å². The van der Waals surface area contributed by atoms with Gasteiger partial charge in [0.2, 0.25) is 5.95 Å². The molecule has 1 amide bonds. The van der Waals surface area contributed by atoms with Gasteiger partial charge < -0.3 is 11.1 Å². The molecule has 0 bridgehead atoms. The zero-order chi connectivity index (χ0) is 22.6. The van der Waals surface area contributed by atoms with Crippen LogP contribution in [0.3, 0.4) is 0 Å². The summed E-state index contributed by atoms with van der Waals surface area (Å²) >= 11 is 0. The van der Waals surface area contributed by atoms with Crippen LogP contribution in [0.25, 0.3) is 11.1 Å². The fraction of sp³-hybridized carbons (Fsp3) is 0.261. The van der Waals surface area contributed by atoms with Gasteiger partial charge >= 0.3 is 0 Å². The Bertz CT molecular complexity index is 1370. The Morgan fingerprint density at radius 3 is 2.66 bits per heavy atom. The molecule has 3 N–H and O–H groups in total. The number of sulfone groups is 1. The highest BCUT2D eigenvalue weighted by Crippen LogP contribution is 2.37. The second kappa shape index (κ2) is 7.37. The van der Waals surface area contributed by atoms with Crippen molar-refractivity contribution in [1.29, 1.82) is 0 Å². The minimum Gasteiger partial charge on any atom is -0.368 e. The van der Waals surface area contributed by atoms with Gasteiger partial charge in [-0.15, -0.1) is 0 Å². The van der Waals surface area contributed by atoms with Gasteiger partial charge in [0.15, 0.2) is 9.84 Å². The van der Waals surface area contributed by atoms with Crippen molar-refractivity contribution in [2.24, 2.45) is 0 Å². The first-order chi connectivity index (χ1) is 15.2. The number of anilines is 1. The number of amides is 1. The molecule has 0 saturated heterocycles. The van der Waals surface area contributed by atoms with Crippen molar-refractivity contribution >= 4 is 21.7 Å². The number of nitrogens with one attached hydrogen (secondary N) is 1. The van der Waals surface area contributed by atoms with Crippen LogP contribution in [0.5, 0.6) is 0 Å². The molecule has 2 aromatic carbocycles. The van der Waals surface area contributed by atoms with Gasteiger partial charge in [0.05, 0.1) is 33.1 Å². The van der Waals surface area contributed by atoms with Gasteiger partial charge in [-0.1, -0.05) is 18.2 Å². The van der Waals surface area contributed by atoms with E-state index in [1.54, 1.807) is 37.3 Å². The smallest absolute Gasteiger partial charge is 0.255 e. The summed E-state index contributed by atoms with van der Waals surface area (Å²) in [6.45, 7) is 1.70. The molecule has 7 nitrogen and oxygen atoms in total. The van der Waals surface area contributed by atoms with Gasteiger partial charge in [0.1, 0.15) is 5.82 Å². The molecule has 1 aliphatic heterocycles. The number of benzene rings is 2. The average Bonchev–Trinajstić information content (AvgIpc) is 3.59. The van der Waals surface area contributed by atoms with E-state index >= 15 is 0 Å². The number of aryl methyl sites for hydroxylation is 1. The minimum atomic E-state index is -3.40. The highest BCUT2D eigenvalue weighted by Gasteiger charge is 2.37. The van der Waals surface area contributed by atoms with Crippen molar-refractivity contribution in [2.75, 3.05) is 5.73 Å². The first-order valence-corrected chi connectivity index (χ1v) is 11.9. The van der Waals surface area contributed by atoms with Crippen LogP contribution in [0.2, 0.25) is 0 Å². The summed E-state index contributed by atoms with van der Waals surface area (Å²) in [6.07, 6.45) is 1.68. The molecule has 1 aliphatic carbocycles. The number of fused-ring (bicyclic) bond motifs is 1. The summed E-state index contributed by atoms with van der Waals surface area (Å²) in [7, 11) is -3.40. The minimum absolute atomic E-state index is 0.0898. The molecule has 0 radical (unpaired) electrons. The molecule has 1 fully saturated rings. The van der Waals surface area contributed by atoms with E-state index in [0.717, 1.165) is 0 Å². The molecule has 164 valence electrons. The predicted molar refractivity (Wildman–Crippen MR) is 117 cm³/mol. The van der Waals surface area contributed by atoms with E-state index in [0.29, 0.717) is 52.9 Å². The van der Waals surface area contributed by atoms with Gasteiger partial charge in [-0.25, -0.2) is 22.8 Å². The molecule has 2 aliphatic rings. The van der Waals surface area contributed by atoms with Crippen molar-refractivity contribution in [3.63, 3.8) is 0 Å². The number of nitrogen functional groups attached to an aromatic ring is 1. The van der Waals surface area contributed by atoms with Crippen LogP contribution in [-0.4, -0.2) is 29.5 Å². The quantitative estimate of drug-likeness (QED) is 0.628. The van der Waals surface area contributed by atoms with Crippen molar-refractivity contribution < 1.29 is 17.6 Å². The van der Waals surface area contributed by atoms with Crippen molar-refractivity contribution in [3.05, 3.63) is 70.8 Å². The Balaban J connectivity index is 1.59. The summed E-state index contributed by atoms with van der Waals surface area (Å²) in [4.78, 5) is 21.3. The van der Waals surface area contributed by atoms with Gasteiger partial charge in [0.25, 0.3) is 5.91 Å². The first kappa shape index (κ1) is 20.6. The summed E-state index contributed by atoms with van der Waals surface area (Å²) in [6, 6.07) is 10.4. The maximum absolute atomic E-state index is 14.3. The molecule has 9 heteroatoms. The molecule has 5 rings (SSSR count). The number of hydrogen-bond acceptors (Lipinski definition) is 6. The predicted octanol–water partition coefficient (Wildman–Crippen LogP) is 3.14. The zero-order valence-electron chi connectivity index (χ0n) is 17.3. The Morgan fingerprint density at radius 2 is 1.91 bits per heavy atom. The van der Waals surface area contributed by atoms with Crippen LogP contribution in [-0.2, 0) is 16.3 Å². The van der Waals surface area contributed by atoms with E-state index < -0.39 is 21.7 Å². The molecule has 0 spiro atoms. The lowest BCUT2D eigenvalue weighted by Crippen LogP contribution is -2.37. The Hall–Kier alpha value is -3.33. The van der Waals surface area contributed by atoms with Gasteiger partial charge in [0, 0.05) is 6.42 Å². The van der Waals surface area contributed by atoms with Crippen LogP contribution < -0.4 is 11.1 Å². The van der Waals surface area contributed by atoms with E-state index in [4.69, 9.17) is 5.73 Å². The lowest BCUT2D eigenvalue weighted by Gasteiger charge is -2.28. The van der Waals surface area contributed by atoms with Crippen LogP contribution in [0.15, 0.2) is 47.4 Å². The zero-order valence-corrected chi connectivity index (χ0v) is 18.1. The average molecular weight is 453 g/mol. The molecule has 1 aromatic heterocycles. The van der Waals surface area contributed by atoms with Crippen LogP contribution in [0.4, 0.5) is 10.3 Å². The molecule has 1 saturated carbocycles. The summed E-state index contributed by atoms with van der Waals surface area (Å²) in [5.41, 5.74) is 8.97. The number of halogens is 1. The van der Waals surface area contributed by atoms with E-state index in [1.165, 1.54) is 12.1 Å². The second-order valence-corrected chi connectivity index (χ2v) is 10.5. The molecular weight excluding hydrogens is 431 g/mol. The molecule has 2 heterocycles. The topological polar surface area (TPSA) is 115 Å². The normalized spacial score (nSPS) is 18.2. The number of nitrogens with zero attached hydrogens (tertiary/aromatic N) is 2. The van der Waals surface area contributed by atoms with Crippen LogP contribution in [0, 0.1) is 12.7 Å². The molecule has 1 atom stereocenters. The van der Waals surface area contributed by atoms with Gasteiger partial charge in [-0.3, -0.25) is 4.79 Å². The number of nitrogens with two attached hydrogens (primary N) is 1. The molecular formula is C23H21FN4O3S. The Labute approximate surface area is 184 Å². The second-order valence-electron chi connectivity index (χ2n) is 8.22. The molecule has 3 aromatic rings. The SMILES string of the molecule is Cc1nc(N)nc2c1C(=O)NC(c1ccc(F)cc1-c1cccc(S(=O)(=O)C3CC3)c1)C2. The van der Waals surface area contributed by atoms with Crippen LogP contribution >= 0.6 is 0 Å². The highest BCUT2D eigenvalue weighted by molar-refractivity contribution is 7.92. The van der Waals surface area contributed by atoms with E-state index in [9.17, 15) is 17.6 Å². The largest absolute Gasteiger partial charge is 0.368 e. The third kappa shape index (κ3) is 3.52. The fourth-order valence-electron chi connectivity index (χ4n) is 4.26. The maximum Gasteiger partial charge on any atom is 0.255 e. The summed E-state index contributed by atoms with van der Waals surface area (Å²) in [5, 5.41) is 2.61.